The zero-order chi connectivity index (χ0) is 14.4. The maximum atomic E-state index is 11.5. The molecule has 0 spiro atoms. The van der Waals surface area contributed by atoms with Gasteiger partial charge in [-0.3, -0.25) is 4.79 Å². The van der Waals surface area contributed by atoms with Crippen molar-refractivity contribution in [3.63, 3.8) is 0 Å². The molecule has 20 heavy (non-hydrogen) atoms. The number of halogens is 2. The van der Waals surface area contributed by atoms with Crippen LogP contribution < -0.4 is 10.2 Å². The minimum absolute atomic E-state index is 0.145. The van der Waals surface area contributed by atoms with E-state index in [1.54, 1.807) is 36.4 Å². The van der Waals surface area contributed by atoms with Crippen molar-refractivity contribution in [1.82, 2.24) is 5.43 Å². The van der Waals surface area contributed by atoms with Crippen molar-refractivity contribution in [3.05, 3.63) is 50.9 Å². The number of benzene rings is 1. The Hall–Kier alpha value is -1.54. The summed E-state index contributed by atoms with van der Waals surface area (Å²) in [5.41, 5.74) is 2.34. The molecular formula is C13H10ClIN2O3. The third-order valence-electron chi connectivity index (χ3n) is 2.14. The van der Waals surface area contributed by atoms with Crippen molar-refractivity contribution in [2.75, 3.05) is 6.61 Å². The number of rotatable bonds is 5. The first-order valence-corrected chi connectivity index (χ1v) is 7.05. The Morgan fingerprint density at radius 2 is 2.30 bits per heavy atom. The van der Waals surface area contributed by atoms with Crippen LogP contribution in [0, 0.1) is 3.77 Å². The van der Waals surface area contributed by atoms with E-state index in [-0.39, 0.29) is 12.5 Å². The van der Waals surface area contributed by atoms with Gasteiger partial charge in [0.25, 0.3) is 5.91 Å². The molecule has 1 amide bonds. The van der Waals surface area contributed by atoms with Crippen LogP contribution in [0.25, 0.3) is 0 Å². The lowest BCUT2D eigenvalue weighted by Crippen LogP contribution is -2.24. The van der Waals surface area contributed by atoms with E-state index < -0.39 is 0 Å². The molecule has 0 atom stereocenters. The number of ether oxygens (including phenoxy) is 1. The van der Waals surface area contributed by atoms with Gasteiger partial charge in [0.2, 0.25) is 0 Å². The van der Waals surface area contributed by atoms with Gasteiger partial charge in [-0.1, -0.05) is 17.7 Å². The quantitative estimate of drug-likeness (QED) is 0.473. The van der Waals surface area contributed by atoms with Gasteiger partial charge in [-0.2, -0.15) is 5.10 Å². The highest BCUT2D eigenvalue weighted by Crippen LogP contribution is 2.16. The summed E-state index contributed by atoms with van der Waals surface area (Å²) in [4.78, 5) is 11.5. The molecule has 0 saturated carbocycles. The molecule has 0 saturated heterocycles. The second-order valence-electron chi connectivity index (χ2n) is 3.68. The fourth-order valence-electron chi connectivity index (χ4n) is 1.30. The number of nitrogens with one attached hydrogen (secondary N) is 1. The predicted molar refractivity (Wildman–Crippen MR) is 84.1 cm³/mol. The maximum absolute atomic E-state index is 11.5. The van der Waals surface area contributed by atoms with E-state index in [2.05, 4.69) is 10.5 Å². The number of carbonyl (C=O) groups is 1. The molecule has 0 bridgehead atoms. The van der Waals surface area contributed by atoms with E-state index in [1.165, 1.54) is 6.21 Å². The molecule has 1 aromatic carbocycles. The first-order valence-electron chi connectivity index (χ1n) is 5.59. The zero-order valence-electron chi connectivity index (χ0n) is 10.2. The van der Waals surface area contributed by atoms with Crippen LogP contribution in [0.15, 0.2) is 45.9 Å². The largest absolute Gasteiger partial charge is 0.484 e. The molecular weight excluding hydrogens is 395 g/mol. The van der Waals surface area contributed by atoms with Crippen molar-refractivity contribution in [1.29, 1.82) is 0 Å². The Bertz CT molecular complexity index is 628. The zero-order valence-corrected chi connectivity index (χ0v) is 13.1. The minimum Gasteiger partial charge on any atom is -0.484 e. The number of hydrogen-bond acceptors (Lipinski definition) is 4. The van der Waals surface area contributed by atoms with E-state index >= 15 is 0 Å². The van der Waals surface area contributed by atoms with Crippen LogP contribution in [0.5, 0.6) is 5.75 Å². The van der Waals surface area contributed by atoms with Crippen molar-refractivity contribution in [3.8, 4) is 5.75 Å². The summed E-state index contributed by atoms with van der Waals surface area (Å²) in [5, 5.41) is 4.31. The molecule has 0 aliphatic rings. The first-order chi connectivity index (χ1) is 9.63. The summed E-state index contributed by atoms with van der Waals surface area (Å²) in [5.74, 6) is 0.713. The summed E-state index contributed by atoms with van der Waals surface area (Å²) in [6.07, 6.45) is 1.42. The fraction of sp³-hybridized carbons (Fsp3) is 0.0769. The van der Waals surface area contributed by atoms with Crippen molar-refractivity contribution < 1.29 is 13.9 Å². The van der Waals surface area contributed by atoms with Gasteiger partial charge in [-0.25, -0.2) is 5.43 Å². The monoisotopic (exact) mass is 404 g/mol. The van der Waals surface area contributed by atoms with Gasteiger partial charge < -0.3 is 9.15 Å². The third-order valence-corrected chi connectivity index (χ3v) is 2.96. The van der Waals surface area contributed by atoms with E-state index in [1.807, 2.05) is 22.6 Å². The molecule has 2 aromatic rings. The lowest BCUT2D eigenvalue weighted by atomic mass is 10.3. The highest BCUT2D eigenvalue weighted by Gasteiger charge is 2.02. The number of amides is 1. The van der Waals surface area contributed by atoms with Crippen LogP contribution >= 0.6 is 34.2 Å². The highest BCUT2D eigenvalue weighted by molar-refractivity contribution is 14.1. The molecule has 0 radical (unpaired) electrons. The Balaban J connectivity index is 1.77. The number of carbonyl (C=O) groups excluding carboxylic acids is 1. The molecule has 1 N–H and O–H groups in total. The maximum Gasteiger partial charge on any atom is 0.277 e. The minimum atomic E-state index is -0.373. The summed E-state index contributed by atoms with van der Waals surface area (Å²) in [7, 11) is 0. The molecule has 2 rings (SSSR count). The molecule has 7 heteroatoms. The average Bonchev–Trinajstić information content (AvgIpc) is 2.82. The van der Waals surface area contributed by atoms with Crippen molar-refractivity contribution >= 4 is 46.3 Å². The molecule has 1 aromatic heterocycles. The molecule has 104 valence electrons. The third kappa shape index (κ3) is 4.86. The van der Waals surface area contributed by atoms with E-state index in [0.29, 0.717) is 16.5 Å². The highest BCUT2D eigenvalue weighted by atomic mass is 127. The van der Waals surface area contributed by atoms with Crippen LogP contribution in [-0.2, 0) is 4.79 Å². The first kappa shape index (κ1) is 14.9. The van der Waals surface area contributed by atoms with Crippen LogP contribution in [0.1, 0.15) is 5.76 Å². The average molecular weight is 405 g/mol. The Morgan fingerprint density at radius 3 is 3.00 bits per heavy atom. The van der Waals surface area contributed by atoms with Gasteiger partial charge in [0, 0.05) is 5.02 Å². The van der Waals surface area contributed by atoms with Crippen molar-refractivity contribution in [2.24, 2.45) is 5.10 Å². The summed E-state index contributed by atoms with van der Waals surface area (Å²) in [6, 6.07) is 10.4. The van der Waals surface area contributed by atoms with Gasteiger partial charge in [-0.15, -0.1) is 0 Å². The lowest BCUT2D eigenvalue weighted by molar-refractivity contribution is -0.123. The molecule has 5 nitrogen and oxygen atoms in total. The summed E-state index contributed by atoms with van der Waals surface area (Å²) >= 11 is 7.84. The summed E-state index contributed by atoms with van der Waals surface area (Å²) in [6.45, 7) is -0.145. The van der Waals surface area contributed by atoms with Gasteiger partial charge in [0.05, 0.1) is 6.21 Å². The van der Waals surface area contributed by atoms with Crippen LogP contribution in [0.4, 0.5) is 0 Å². The Kier molecular flexibility index (Phi) is 5.42. The smallest absolute Gasteiger partial charge is 0.277 e. The number of furan rings is 1. The molecule has 0 unspecified atom stereocenters. The number of hydrogen-bond donors (Lipinski definition) is 1. The fourth-order valence-corrected chi connectivity index (χ4v) is 1.92. The SMILES string of the molecule is O=C(COc1cccc(Cl)c1)N/N=C/c1ccc(I)o1. The predicted octanol–water partition coefficient (Wildman–Crippen LogP) is 3.07. The number of hydrazone groups is 1. The molecule has 0 fully saturated rings. The molecule has 0 aliphatic heterocycles. The molecule has 0 aliphatic carbocycles. The number of nitrogens with zero attached hydrogens (tertiary/aromatic N) is 1. The normalized spacial score (nSPS) is 10.7. The van der Waals surface area contributed by atoms with E-state index in [0.717, 1.165) is 3.77 Å². The Labute approximate surface area is 134 Å². The molecule has 1 heterocycles. The van der Waals surface area contributed by atoms with E-state index in [4.69, 9.17) is 20.8 Å². The van der Waals surface area contributed by atoms with Crippen LogP contribution in [0.2, 0.25) is 5.02 Å². The van der Waals surface area contributed by atoms with Crippen molar-refractivity contribution in [2.45, 2.75) is 0 Å². The van der Waals surface area contributed by atoms with Gasteiger partial charge >= 0.3 is 0 Å². The van der Waals surface area contributed by atoms with Gasteiger partial charge in [-0.05, 0) is 52.9 Å². The second kappa shape index (κ2) is 7.30. The van der Waals surface area contributed by atoms with Crippen LogP contribution in [0.3, 0.4) is 0 Å². The van der Waals surface area contributed by atoms with Gasteiger partial charge in [0.1, 0.15) is 11.5 Å². The van der Waals surface area contributed by atoms with E-state index in [9.17, 15) is 4.79 Å². The van der Waals surface area contributed by atoms with Crippen LogP contribution in [-0.4, -0.2) is 18.7 Å². The lowest BCUT2D eigenvalue weighted by Gasteiger charge is -2.04. The Morgan fingerprint density at radius 1 is 1.45 bits per heavy atom. The standard InChI is InChI=1S/C13H10ClIN2O3/c14-9-2-1-3-10(6-9)19-8-13(18)17-16-7-11-4-5-12(15)20-11/h1-7H,8H2,(H,17,18)/b16-7+. The topological polar surface area (TPSA) is 63.8 Å². The second-order valence-corrected chi connectivity index (χ2v) is 5.18. The van der Waals surface area contributed by atoms with Gasteiger partial charge in [0.15, 0.2) is 10.4 Å². The summed E-state index contributed by atoms with van der Waals surface area (Å²) < 4.78 is 11.3.